The second-order valence-corrected chi connectivity index (χ2v) is 6.27. The molecule has 20 heavy (non-hydrogen) atoms. The summed E-state index contributed by atoms with van der Waals surface area (Å²) in [5.74, 6) is -0.613. The maximum Gasteiger partial charge on any atom is 0.329 e. The topological polar surface area (TPSA) is 78.4 Å². The van der Waals surface area contributed by atoms with Gasteiger partial charge in [0.05, 0.1) is 0 Å². The molecule has 1 amide bonds. The van der Waals surface area contributed by atoms with Gasteiger partial charge >= 0.3 is 5.97 Å². The Balaban J connectivity index is 1.92. The number of carbonyl (C=O) groups excluding carboxylic acids is 1. The highest BCUT2D eigenvalue weighted by molar-refractivity contribution is 5.87. The van der Waals surface area contributed by atoms with E-state index in [1.54, 1.807) is 0 Å². The number of carbonyl (C=O) groups is 2. The number of amides is 1. The summed E-state index contributed by atoms with van der Waals surface area (Å²) in [5, 5.41) is 15.7. The predicted octanol–water partition coefficient (Wildman–Crippen LogP) is 1.67. The molecule has 0 radical (unpaired) electrons. The summed E-state index contributed by atoms with van der Waals surface area (Å²) in [6.45, 7) is 1.89. The largest absolute Gasteiger partial charge is 0.480 e. The highest BCUT2D eigenvalue weighted by Crippen LogP contribution is 2.28. The van der Waals surface area contributed by atoms with Crippen LogP contribution in [0, 0.1) is 5.92 Å². The molecule has 1 aliphatic heterocycles. The Morgan fingerprint density at radius 3 is 2.40 bits per heavy atom. The lowest BCUT2D eigenvalue weighted by molar-refractivity contribution is -0.148. The Morgan fingerprint density at radius 1 is 1.15 bits per heavy atom. The lowest BCUT2D eigenvalue weighted by Gasteiger charge is -2.30. The van der Waals surface area contributed by atoms with Crippen LogP contribution in [-0.4, -0.2) is 35.6 Å². The molecule has 2 fully saturated rings. The Labute approximate surface area is 120 Å². The van der Waals surface area contributed by atoms with Gasteiger partial charge in [0.15, 0.2) is 0 Å². The summed E-state index contributed by atoms with van der Waals surface area (Å²) in [6, 6.07) is 0. The van der Waals surface area contributed by atoms with E-state index in [-0.39, 0.29) is 5.91 Å². The van der Waals surface area contributed by atoms with Crippen LogP contribution in [-0.2, 0) is 9.59 Å². The number of piperidine rings is 1. The van der Waals surface area contributed by atoms with E-state index in [9.17, 15) is 14.7 Å². The second-order valence-electron chi connectivity index (χ2n) is 6.27. The van der Waals surface area contributed by atoms with E-state index in [0.717, 1.165) is 51.6 Å². The number of aliphatic carboxylic acids is 1. The Hall–Kier alpha value is -1.10. The van der Waals surface area contributed by atoms with Crippen molar-refractivity contribution in [3.63, 3.8) is 0 Å². The molecule has 1 saturated carbocycles. The Morgan fingerprint density at radius 2 is 1.85 bits per heavy atom. The molecule has 2 aliphatic rings. The molecule has 0 aromatic heterocycles. The second kappa shape index (κ2) is 7.07. The lowest BCUT2D eigenvalue weighted by atomic mass is 9.89. The molecular formula is C15H26N2O3. The average molecular weight is 282 g/mol. The number of carboxylic acids is 1. The Bertz CT molecular complexity index is 343. The normalized spacial score (nSPS) is 26.5. The summed E-state index contributed by atoms with van der Waals surface area (Å²) in [6.07, 6.45) is 7.64. The zero-order chi connectivity index (χ0) is 14.4. The van der Waals surface area contributed by atoms with E-state index in [1.165, 1.54) is 0 Å². The number of hydrogen-bond donors (Lipinski definition) is 3. The first-order valence-corrected chi connectivity index (χ1v) is 7.87. The summed E-state index contributed by atoms with van der Waals surface area (Å²) in [5.41, 5.74) is -1.02. The van der Waals surface area contributed by atoms with Crippen LogP contribution in [0.15, 0.2) is 0 Å². The first-order valence-electron chi connectivity index (χ1n) is 7.87. The van der Waals surface area contributed by atoms with Crippen LogP contribution in [0.5, 0.6) is 0 Å². The lowest BCUT2D eigenvalue weighted by Crippen LogP contribution is -2.54. The summed E-state index contributed by atoms with van der Waals surface area (Å²) in [7, 11) is 0. The van der Waals surface area contributed by atoms with Gasteiger partial charge in [-0.3, -0.25) is 4.79 Å². The number of carboxylic acid groups (broad SMARTS) is 1. The smallest absolute Gasteiger partial charge is 0.329 e. The first kappa shape index (κ1) is 15.3. The summed E-state index contributed by atoms with van der Waals surface area (Å²) in [4.78, 5) is 23.8. The van der Waals surface area contributed by atoms with Gasteiger partial charge in [0, 0.05) is 6.42 Å². The van der Waals surface area contributed by atoms with Gasteiger partial charge in [-0.15, -0.1) is 0 Å². The molecule has 0 aromatic carbocycles. The first-order chi connectivity index (χ1) is 9.62. The molecule has 1 unspecified atom stereocenters. The van der Waals surface area contributed by atoms with E-state index in [2.05, 4.69) is 10.6 Å². The van der Waals surface area contributed by atoms with Gasteiger partial charge in [-0.25, -0.2) is 4.79 Å². The molecule has 1 aliphatic carbocycles. The molecule has 1 atom stereocenters. The van der Waals surface area contributed by atoms with Crippen LogP contribution in [0.4, 0.5) is 0 Å². The van der Waals surface area contributed by atoms with Gasteiger partial charge in [-0.2, -0.15) is 0 Å². The Kier molecular flexibility index (Phi) is 5.40. The van der Waals surface area contributed by atoms with Crippen molar-refractivity contribution in [1.29, 1.82) is 0 Å². The number of rotatable bonds is 4. The molecule has 2 rings (SSSR count). The minimum atomic E-state index is -1.02. The van der Waals surface area contributed by atoms with Crippen molar-refractivity contribution >= 4 is 11.9 Å². The van der Waals surface area contributed by atoms with E-state index in [4.69, 9.17) is 0 Å². The highest BCUT2D eigenvalue weighted by atomic mass is 16.4. The maximum absolute atomic E-state index is 12.2. The minimum Gasteiger partial charge on any atom is -0.480 e. The van der Waals surface area contributed by atoms with E-state index < -0.39 is 11.5 Å². The van der Waals surface area contributed by atoms with Crippen LogP contribution < -0.4 is 10.6 Å². The van der Waals surface area contributed by atoms with Crippen LogP contribution in [0.3, 0.4) is 0 Å². The van der Waals surface area contributed by atoms with Crippen molar-refractivity contribution in [3.05, 3.63) is 0 Å². The molecule has 1 saturated heterocycles. The SMILES string of the molecule is O=C(CC1CCCNC1)NC1(C(=O)O)CCCCCC1. The maximum atomic E-state index is 12.2. The fourth-order valence-corrected chi connectivity index (χ4v) is 3.40. The molecule has 0 aromatic rings. The standard InChI is InChI=1S/C15H26N2O3/c18-13(10-12-6-5-9-16-11-12)17-15(14(19)20)7-3-1-2-4-8-15/h12,16H,1-11H2,(H,17,18)(H,19,20). The molecule has 0 bridgehead atoms. The molecule has 5 heteroatoms. The van der Waals surface area contributed by atoms with Crippen molar-refractivity contribution in [1.82, 2.24) is 10.6 Å². The van der Waals surface area contributed by atoms with Gasteiger partial charge < -0.3 is 15.7 Å². The van der Waals surface area contributed by atoms with Gasteiger partial charge in [0.25, 0.3) is 0 Å². The highest BCUT2D eigenvalue weighted by Gasteiger charge is 2.40. The summed E-state index contributed by atoms with van der Waals surface area (Å²) < 4.78 is 0. The van der Waals surface area contributed by atoms with E-state index >= 15 is 0 Å². The van der Waals surface area contributed by atoms with E-state index in [1.807, 2.05) is 0 Å². The summed E-state index contributed by atoms with van der Waals surface area (Å²) >= 11 is 0. The van der Waals surface area contributed by atoms with Crippen molar-refractivity contribution in [3.8, 4) is 0 Å². The number of nitrogens with one attached hydrogen (secondary N) is 2. The number of hydrogen-bond acceptors (Lipinski definition) is 3. The van der Waals surface area contributed by atoms with E-state index in [0.29, 0.717) is 25.2 Å². The van der Waals surface area contributed by atoms with Gasteiger partial charge in [-0.1, -0.05) is 25.7 Å². The molecule has 114 valence electrons. The zero-order valence-electron chi connectivity index (χ0n) is 12.1. The quantitative estimate of drug-likeness (QED) is 0.685. The fourth-order valence-electron chi connectivity index (χ4n) is 3.40. The molecule has 3 N–H and O–H groups in total. The third-order valence-corrected chi connectivity index (χ3v) is 4.62. The molecule has 5 nitrogen and oxygen atoms in total. The average Bonchev–Trinajstić information content (AvgIpc) is 2.66. The molecule has 0 spiro atoms. The third-order valence-electron chi connectivity index (χ3n) is 4.62. The minimum absolute atomic E-state index is 0.0944. The van der Waals surface area contributed by atoms with Crippen LogP contribution in [0.25, 0.3) is 0 Å². The van der Waals surface area contributed by atoms with Crippen LogP contribution in [0.2, 0.25) is 0 Å². The van der Waals surface area contributed by atoms with Crippen molar-refractivity contribution in [2.24, 2.45) is 5.92 Å². The fraction of sp³-hybridized carbons (Fsp3) is 0.867. The molecule has 1 heterocycles. The van der Waals surface area contributed by atoms with Crippen molar-refractivity contribution < 1.29 is 14.7 Å². The van der Waals surface area contributed by atoms with Crippen molar-refractivity contribution in [2.75, 3.05) is 13.1 Å². The van der Waals surface area contributed by atoms with Crippen LogP contribution in [0.1, 0.15) is 57.8 Å². The molecular weight excluding hydrogens is 256 g/mol. The predicted molar refractivity (Wildman–Crippen MR) is 76.4 cm³/mol. The van der Waals surface area contributed by atoms with Gasteiger partial charge in [-0.05, 0) is 44.7 Å². The van der Waals surface area contributed by atoms with Crippen LogP contribution >= 0.6 is 0 Å². The van der Waals surface area contributed by atoms with Crippen molar-refractivity contribution in [2.45, 2.75) is 63.3 Å². The third kappa shape index (κ3) is 3.95. The monoisotopic (exact) mass is 282 g/mol. The van der Waals surface area contributed by atoms with Gasteiger partial charge in [0.2, 0.25) is 5.91 Å². The zero-order valence-corrected chi connectivity index (χ0v) is 12.1. The van der Waals surface area contributed by atoms with Gasteiger partial charge in [0.1, 0.15) is 5.54 Å².